The van der Waals surface area contributed by atoms with E-state index in [0.717, 1.165) is 16.9 Å². The summed E-state index contributed by atoms with van der Waals surface area (Å²) in [6.45, 7) is 3.60. The lowest BCUT2D eigenvalue weighted by atomic mass is 9.71. The molecule has 1 unspecified atom stereocenters. The highest BCUT2D eigenvalue weighted by atomic mass is 16.5. The van der Waals surface area contributed by atoms with Gasteiger partial charge >= 0.3 is 5.97 Å². The van der Waals surface area contributed by atoms with Crippen LogP contribution in [0.2, 0.25) is 0 Å². The van der Waals surface area contributed by atoms with E-state index >= 15 is 0 Å². The van der Waals surface area contributed by atoms with Gasteiger partial charge in [-0.05, 0) is 47.9 Å². The number of ether oxygens (including phenoxy) is 2. The molecule has 0 fully saturated rings. The van der Waals surface area contributed by atoms with E-state index in [2.05, 4.69) is 31.2 Å². The van der Waals surface area contributed by atoms with E-state index in [9.17, 15) is 4.79 Å². The lowest BCUT2D eigenvalue weighted by Gasteiger charge is -2.32. The Balaban J connectivity index is 2.10. The van der Waals surface area contributed by atoms with Crippen LogP contribution in [0.3, 0.4) is 0 Å². The molecule has 0 aromatic heterocycles. The van der Waals surface area contributed by atoms with Crippen LogP contribution < -0.4 is 9.47 Å². The summed E-state index contributed by atoms with van der Waals surface area (Å²) >= 11 is 0. The second-order valence-corrected chi connectivity index (χ2v) is 6.34. The third-order valence-corrected chi connectivity index (χ3v) is 4.71. The second kappa shape index (κ2) is 7.44. The summed E-state index contributed by atoms with van der Waals surface area (Å²) < 4.78 is 10.5. The van der Waals surface area contributed by atoms with Crippen LogP contribution in [-0.4, -0.2) is 13.1 Å². The van der Waals surface area contributed by atoms with E-state index in [1.807, 2.05) is 54.6 Å². The van der Waals surface area contributed by atoms with Crippen molar-refractivity contribution in [1.82, 2.24) is 0 Å². The van der Waals surface area contributed by atoms with Crippen LogP contribution in [0.4, 0.5) is 0 Å². The number of carbonyl (C=O) groups excluding carboxylic acids is 1. The van der Waals surface area contributed by atoms with Crippen molar-refractivity contribution in [3.63, 3.8) is 0 Å². The molecule has 0 aliphatic rings. The van der Waals surface area contributed by atoms with Crippen molar-refractivity contribution in [2.24, 2.45) is 0 Å². The zero-order valence-electron chi connectivity index (χ0n) is 15.2. The molecule has 0 amide bonds. The van der Waals surface area contributed by atoms with E-state index in [-0.39, 0.29) is 11.4 Å². The van der Waals surface area contributed by atoms with Crippen molar-refractivity contribution in [1.29, 1.82) is 0 Å². The van der Waals surface area contributed by atoms with Crippen molar-refractivity contribution in [2.45, 2.75) is 19.3 Å². The Bertz CT molecular complexity index is 868. The van der Waals surface area contributed by atoms with Crippen LogP contribution >= 0.6 is 0 Å². The summed E-state index contributed by atoms with van der Waals surface area (Å²) in [5.74, 6) is 1.06. The van der Waals surface area contributed by atoms with E-state index in [4.69, 9.17) is 9.47 Å². The Morgan fingerprint density at radius 3 is 1.65 bits per heavy atom. The summed E-state index contributed by atoms with van der Waals surface area (Å²) in [5, 5.41) is 0. The quantitative estimate of drug-likeness (QED) is 0.371. The number of methoxy groups -OCH3 is 1. The van der Waals surface area contributed by atoms with Gasteiger partial charge in [0.05, 0.1) is 7.11 Å². The maximum Gasteiger partial charge on any atom is 0.308 e. The lowest BCUT2D eigenvalue weighted by molar-refractivity contribution is -0.131. The minimum Gasteiger partial charge on any atom is -0.497 e. The average Bonchev–Trinajstić information content (AvgIpc) is 2.68. The molecule has 3 rings (SSSR count). The molecule has 0 saturated heterocycles. The number of hydrogen-bond acceptors (Lipinski definition) is 3. The molecule has 3 nitrogen and oxygen atoms in total. The zero-order chi connectivity index (χ0) is 18.6. The molecule has 0 spiro atoms. The van der Waals surface area contributed by atoms with Gasteiger partial charge in [-0.25, -0.2) is 0 Å². The molecule has 0 bridgehead atoms. The van der Waals surface area contributed by atoms with Gasteiger partial charge in [0.25, 0.3) is 0 Å². The monoisotopic (exact) mass is 346 g/mol. The van der Waals surface area contributed by atoms with Gasteiger partial charge < -0.3 is 9.47 Å². The SMILES string of the molecule is COc1ccc(C(C)(c2ccccc2)c2ccc(OC(C)=O)cc2)cc1. The van der Waals surface area contributed by atoms with E-state index in [1.165, 1.54) is 12.5 Å². The van der Waals surface area contributed by atoms with Crippen molar-refractivity contribution >= 4 is 5.97 Å². The third kappa shape index (κ3) is 3.47. The highest BCUT2D eigenvalue weighted by Gasteiger charge is 2.31. The van der Waals surface area contributed by atoms with Gasteiger partial charge in [0, 0.05) is 12.3 Å². The van der Waals surface area contributed by atoms with Gasteiger partial charge in [-0.3, -0.25) is 4.79 Å². The van der Waals surface area contributed by atoms with Gasteiger partial charge in [0.15, 0.2) is 0 Å². The van der Waals surface area contributed by atoms with Gasteiger partial charge in [0.1, 0.15) is 11.5 Å². The predicted molar refractivity (Wildman–Crippen MR) is 103 cm³/mol. The number of esters is 1. The molecule has 26 heavy (non-hydrogen) atoms. The molecule has 0 N–H and O–H groups in total. The molecule has 0 radical (unpaired) electrons. The van der Waals surface area contributed by atoms with Crippen LogP contribution in [0.15, 0.2) is 78.9 Å². The van der Waals surface area contributed by atoms with Gasteiger partial charge in [0.2, 0.25) is 0 Å². The minimum atomic E-state index is -0.345. The van der Waals surface area contributed by atoms with E-state index < -0.39 is 0 Å². The van der Waals surface area contributed by atoms with Crippen molar-refractivity contribution in [3.8, 4) is 11.5 Å². The number of carbonyl (C=O) groups is 1. The number of rotatable bonds is 5. The van der Waals surface area contributed by atoms with Crippen LogP contribution in [0.1, 0.15) is 30.5 Å². The molecule has 3 aromatic rings. The third-order valence-electron chi connectivity index (χ3n) is 4.71. The summed E-state index contributed by atoms with van der Waals surface area (Å²) in [6, 6.07) is 26.2. The first-order valence-electron chi connectivity index (χ1n) is 8.53. The first-order valence-corrected chi connectivity index (χ1v) is 8.53. The molecular weight excluding hydrogens is 324 g/mol. The topological polar surface area (TPSA) is 35.5 Å². The maximum absolute atomic E-state index is 11.2. The maximum atomic E-state index is 11.2. The van der Waals surface area contributed by atoms with E-state index in [1.54, 1.807) is 7.11 Å². The molecular formula is C23H22O3. The highest BCUT2D eigenvalue weighted by Crippen LogP contribution is 2.39. The summed E-state index contributed by atoms with van der Waals surface area (Å²) in [4.78, 5) is 11.2. The summed E-state index contributed by atoms with van der Waals surface area (Å²) in [7, 11) is 1.67. The Morgan fingerprint density at radius 2 is 1.19 bits per heavy atom. The second-order valence-electron chi connectivity index (χ2n) is 6.34. The van der Waals surface area contributed by atoms with Crippen molar-refractivity contribution in [3.05, 3.63) is 95.6 Å². The predicted octanol–water partition coefficient (Wildman–Crippen LogP) is 4.97. The molecule has 132 valence electrons. The van der Waals surface area contributed by atoms with Gasteiger partial charge in [-0.1, -0.05) is 54.6 Å². The molecule has 0 aliphatic heterocycles. The van der Waals surface area contributed by atoms with Crippen LogP contribution in [-0.2, 0) is 10.2 Å². The fraction of sp³-hybridized carbons (Fsp3) is 0.174. The zero-order valence-corrected chi connectivity index (χ0v) is 15.2. The molecule has 3 aromatic carbocycles. The fourth-order valence-corrected chi connectivity index (χ4v) is 3.22. The van der Waals surface area contributed by atoms with Crippen LogP contribution in [0.25, 0.3) is 0 Å². The fourth-order valence-electron chi connectivity index (χ4n) is 3.22. The largest absolute Gasteiger partial charge is 0.497 e. The van der Waals surface area contributed by atoms with Crippen LogP contribution in [0.5, 0.6) is 11.5 Å². The molecule has 0 heterocycles. The Hall–Kier alpha value is -3.07. The van der Waals surface area contributed by atoms with Crippen LogP contribution in [0, 0.1) is 0 Å². The van der Waals surface area contributed by atoms with Gasteiger partial charge in [-0.15, -0.1) is 0 Å². The Morgan fingerprint density at radius 1 is 0.731 bits per heavy atom. The Kier molecular flexibility index (Phi) is 5.08. The van der Waals surface area contributed by atoms with Gasteiger partial charge in [-0.2, -0.15) is 0 Å². The molecule has 3 heteroatoms. The normalized spacial score (nSPS) is 12.9. The first-order chi connectivity index (χ1) is 12.5. The molecule has 1 atom stereocenters. The minimum absolute atomic E-state index is 0.321. The standard InChI is InChI=1S/C23H22O3/c1-17(24)26-22-15-11-20(12-16-22)23(2,18-7-5-4-6-8-18)19-9-13-21(25-3)14-10-19/h4-16H,1-3H3. The summed E-state index contributed by atoms with van der Waals surface area (Å²) in [5.41, 5.74) is 3.11. The lowest BCUT2D eigenvalue weighted by Crippen LogP contribution is -2.25. The van der Waals surface area contributed by atoms with E-state index in [0.29, 0.717) is 5.75 Å². The summed E-state index contributed by atoms with van der Waals surface area (Å²) in [6.07, 6.45) is 0. The highest BCUT2D eigenvalue weighted by molar-refractivity contribution is 5.69. The Labute approximate surface area is 154 Å². The number of benzene rings is 3. The number of hydrogen-bond donors (Lipinski definition) is 0. The van der Waals surface area contributed by atoms with Crippen molar-refractivity contribution < 1.29 is 14.3 Å². The molecule has 0 saturated carbocycles. The van der Waals surface area contributed by atoms with Crippen molar-refractivity contribution in [2.75, 3.05) is 7.11 Å². The average molecular weight is 346 g/mol. The smallest absolute Gasteiger partial charge is 0.308 e. The first kappa shape index (κ1) is 17.7. The molecule has 0 aliphatic carbocycles.